The molecule has 264 valence electrons. The molecule has 0 aliphatic carbocycles. The minimum absolute atomic E-state index is 0.882. The molecule has 57 heavy (non-hydrogen) atoms. The highest BCUT2D eigenvalue weighted by atomic mass is 16.5. The molecule has 12 rings (SSSR count). The second-order valence-electron chi connectivity index (χ2n) is 15.2. The molecule has 0 saturated heterocycles. The molecule has 0 unspecified atom stereocenters. The fourth-order valence-electron chi connectivity index (χ4n) is 9.29. The maximum absolute atomic E-state index is 6.64. The minimum atomic E-state index is 0.882. The lowest BCUT2D eigenvalue weighted by Gasteiger charge is -2.23. The maximum Gasteiger partial charge on any atom is 0.135 e. The number of rotatable bonds is 5. The van der Waals surface area contributed by atoms with E-state index in [1.54, 1.807) is 0 Å². The van der Waals surface area contributed by atoms with Gasteiger partial charge in [-0.3, -0.25) is 0 Å². The van der Waals surface area contributed by atoms with Crippen molar-refractivity contribution in [3.8, 4) is 78.3 Å². The summed E-state index contributed by atoms with van der Waals surface area (Å²) in [6.07, 6.45) is 0. The van der Waals surface area contributed by atoms with Crippen molar-refractivity contribution < 1.29 is 4.74 Å². The van der Waals surface area contributed by atoms with Gasteiger partial charge in [-0.25, -0.2) is 0 Å². The molecule has 0 fully saturated rings. The predicted molar refractivity (Wildman–Crippen MR) is 240 cm³/mol. The highest BCUT2D eigenvalue weighted by Crippen LogP contribution is 2.50. The lowest BCUT2D eigenvalue weighted by Crippen LogP contribution is -1.98. The molecule has 0 amide bonds. The lowest BCUT2D eigenvalue weighted by molar-refractivity contribution is 0.487. The molecule has 0 aromatic heterocycles. The van der Waals surface area contributed by atoms with Crippen LogP contribution in [0.2, 0.25) is 0 Å². The van der Waals surface area contributed by atoms with E-state index in [1.807, 2.05) is 0 Å². The summed E-state index contributed by atoms with van der Waals surface area (Å²) < 4.78 is 6.64. The Kier molecular flexibility index (Phi) is 7.00. The van der Waals surface area contributed by atoms with Gasteiger partial charge in [-0.1, -0.05) is 158 Å². The van der Waals surface area contributed by atoms with Crippen LogP contribution in [0.15, 0.2) is 206 Å². The van der Waals surface area contributed by atoms with Gasteiger partial charge in [-0.2, -0.15) is 0 Å². The van der Waals surface area contributed by atoms with Crippen molar-refractivity contribution in [2.75, 3.05) is 0 Å². The van der Waals surface area contributed by atoms with Crippen LogP contribution in [-0.2, 0) is 0 Å². The highest BCUT2D eigenvalue weighted by molar-refractivity contribution is 6.26. The first-order valence-corrected chi connectivity index (χ1v) is 19.7. The Morgan fingerprint density at radius 3 is 1.46 bits per heavy atom. The SMILES string of the molecule is c1ccc(-c2cc(-c3ccc4c(c3)-c3cccc5c(-c6ccccc6)ccc(c35)O4)cc(-c3cc4ccc5ccc(-c6ccccc6)c6ccc(c3)c4c56)c2)cc1. The first-order valence-electron chi connectivity index (χ1n) is 19.7. The molecule has 1 aliphatic heterocycles. The van der Waals surface area contributed by atoms with Crippen molar-refractivity contribution in [1.29, 1.82) is 0 Å². The van der Waals surface area contributed by atoms with Gasteiger partial charge in [0, 0.05) is 10.9 Å². The number of fused-ring (bicyclic) bond motifs is 2. The van der Waals surface area contributed by atoms with Crippen molar-refractivity contribution in [3.05, 3.63) is 206 Å². The molecule has 0 N–H and O–H groups in total. The smallest absolute Gasteiger partial charge is 0.135 e. The van der Waals surface area contributed by atoms with E-state index in [4.69, 9.17) is 4.74 Å². The standard InChI is InChI=1S/C56H34O/c1-4-11-35(12-5-1)42-31-43(39-23-27-52-51(34-39)49-18-10-17-48-47(37-15-8-3-9-16-37)26-28-53(57-52)56(48)49)33-45(32-42)44-29-40-20-19-38-21-24-46(36-13-6-2-7-14-36)50-25-22-41(30-44)54(40)55(38)50/h1-34H. The van der Waals surface area contributed by atoms with E-state index in [9.17, 15) is 0 Å². The topological polar surface area (TPSA) is 9.23 Å². The summed E-state index contributed by atoms with van der Waals surface area (Å²) in [4.78, 5) is 0. The Balaban J connectivity index is 1.03. The third-order valence-corrected chi connectivity index (χ3v) is 12.0. The van der Waals surface area contributed by atoms with Crippen molar-refractivity contribution in [2.45, 2.75) is 0 Å². The van der Waals surface area contributed by atoms with Gasteiger partial charge in [-0.15, -0.1) is 0 Å². The maximum atomic E-state index is 6.64. The van der Waals surface area contributed by atoms with Crippen LogP contribution < -0.4 is 4.74 Å². The van der Waals surface area contributed by atoms with E-state index >= 15 is 0 Å². The molecule has 11 aromatic carbocycles. The lowest BCUT2D eigenvalue weighted by atomic mass is 9.87. The largest absolute Gasteiger partial charge is 0.456 e. The third-order valence-electron chi connectivity index (χ3n) is 12.0. The van der Waals surface area contributed by atoms with Crippen molar-refractivity contribution >= 4 is 43.1 Å². The van der Waals surface area contributed by atoms with E-state index in [-0.39, 0.29) is 0 Å². The fraction of sp³-hybridized carbons (Fsp3) is 0. The fourth-order valence-corrected chi connectivity index (χ4v) is 9.29. The number of hydrogen-bond donors (Lipinski definition) is 0. The van der Waals surface area contributed by atoms with E-state index in [1.165, 1.54) is 93.3 Å². The van der Waals surface area contributed by atoms with Crippen LogP contribution >= 0.6 is 0 Å². The molecule has 11 aromatic rings. The van der Waals surface area contributed by atoms with Gasteiger partial charge in [0.25, 0.3) is 0 Å². The second kappa shape index (κ2) is 12.5. The summed E-state index contributed by atoms with van der Waals surface area (Å²) >= 11 is 0. The van der Waals surface area contributed by atoms with Crippen LogP contribution in [0.1, 0.15) is 0 Å². The highest BCUT2D eigenvalue weighted by Gasteiger charge is 2.23. The van der Waals surface area contributed by atoms with Gasteiger partial charge < -0.3 is 4.74 Å². The Bertz CT molecular complexity index is 3330. The summed E-state index contributed by atoms with van der Waals surface area (Å²) in [5.74, 6) is 1.78. The van der Waals surface area contributed by atoms with Crippen molar-refractivity contribution in [3.63, 3.8) is 0 Å². The molecule has 1 heterocycles. The summed E-state index contributed by atoms with van der Waals surface area (Å²) in [7, 11) is 0. The van der Waals surface area contributed by atoms with Crippen LogP contribution in [0.5, 0.6) is 11.5 Å². The average Bonchev–Trinajstić information content (AvgIpc) is 3.29. The van der Waals surface area contributed by atoms with Gasteiger partial charge in [0.1, 0.15) is 11.5 Å². The van der Waals surface area contributed by atoms with Crippen LogP contribution in [0, 0.1) is 0 Å². The zero-order valence-corrected chi connectivity index (χ0v) is 31.0. The Morgan fingerprint density at radius 1 is 0.228 bits per heavy atom. The van der Waals surface area contributed by atoms with E-state index in [0.29, 0.717) is 0 Å². The summed E-state index contributed by atoms with van der Waals surface area (Å²) in [6.45, 7) is 0. The van der Waals surface area contributed by atoms with E-state index in [0.717, 1.165) is 28.0 Å². The molecule has 1 heteroatoms. The van der Waals surface area contributed by atoms with Crippen LogP contribution in [-0.4, -0.2) is 0 Å². The zero-order chi connectivity index (χ0) is 37.5. The number of ether oxygens (including phenoxy) is 1. The summed E-state index contributed by atoms with van der Waals surface area (Å²) in [5.41, 5.74) is 14.3. The van der Waals surface area contributed by atoms with Crippen molar-refractivity contribution in [2.24, 2.45) is 0 Å². The first-order chi connectivity index (χ1) is 28.2. The van der Waals surface area contributed by atoms with Gasteiger partial charge >= 0.3 is 0 Å². The molecule has 0 bridgehead atoms. The quantitative estimate of drug-likeness (QED) is 0.161. The number of benzene rings is 11. The van der Waals surface area contributed by atoms with Gasteiger partial charge in [0.05, 0.1) is 0 Å². The third kappa shape index (κ3) is 5.10. The molecule has 1 nitrogen and oxygen atoms in total. The minimum Gasteiger partial charge on any atom is -0.456 e. The first kappa shape index (κ1) is 31.8. The summed E-state index contributed by atoms with van der Waals surface area (Å²) in [5, 5.41) is 10.1. The Morgan fingerprint density at radius 2 is 0.754 bits per heavy atom. The van der Waals surface area contributed by atoms with Crippen LogP contribution in [0.25, 0.3) is 110 Å². The normalized spacial score (nSPS) is 12.0. The average molecular weight is 723 g/mol. The van der Waals surface area contributed by atoms with E-state index < -0.39 is 0 Å². The Labute approximate surface area is 331 Å². The number of hydrogen-bond acceptors (Lipinski definition) is 1. The molecule has 0 saturated carbocycles. The van der Waals surface area contributed by atoms with Gasteiger partial charge in [0.2, 0.25) is 0 Å². The van der Waals surface area contributed by atoms with Gasteiger partial charge in [0.15, 0.2) is 0 Å². The van der Waals surface area contributed by atoms with Crippen LogP contribution in [0.4, 0.5) is 0 Å². The summed E-state index contributed by atoms with van der Waals surface area (Å²) in [6, 6.07) is 75.3. The monoisotopic (exact) mass is 722 g/mol. The molecule has 0 spiro atoms. The molecular weight excluding hydrogens is 689 g/mol. The molecule has 0 atom stereocenters. The Hall–Kier alpha value is -7.48. The van der Waals surface area contributed by atoms with Crippen LogP contribution in [0.3, 0.4) is 0 Å². The molecule has 0 radical (unpaired) electrons. The van der Waals surface area contributed by atoms with Gasteiger partial charge in [-0.05, 0) is 147 Å². The molecular formula is C56H34O. The zero-order valence-electron chi connectivity index (χ0n) is 31.0. The van der Waals surface area contributed by atoms with Crippen molar-refractivity contribution in [1.82, 2.24) is 0 Å². The predicted octanol–water partition coefficient (Wildman–Crippen LogP) is 15.8. The van der Waals surface area contributed by atoms with E-state index in [2.05, 4.69) is 206 Å². The second-order valence-corrected chi connectivity index (χ2v) is 15.2. The molecule has 1 aliphatic rings.